The van der Waals surface area contributed by atoms with Crippen LogP contribution in [0.15, 0.2) is 0 Å². The predicted octanol–water partition coefficient (Wildman–Crippen LogP) is 3.07. The van der Waals surface area contributed by atoms with Crippen molar-refractivity contribution in [3.8, 4) is 0 Å². The van der Waals surface area contributed by atoms with E-state index in [9.17, 15) is 0 Å². The molecule has 0 aromatic rings. The third kappa shape index (κ3) is 2.96. The minimum Gasteiger partial charge on any atom is -0.352 e. The second kappa shape index (κ2) is 5.13. The summed E-state index contributed by atoms with van der Waals surface area (Å²) in [6.45, 7) is 12.0. The third-order valence-electron chi connectivity index (χ3n) is 3.48. The Labute approximate surface area is 88.0 Å². The lowest BCUT2D eigenvalue weighted by Gasteiger charge is -2.36. The predicted molar refractivity (Wildman–Crippen MR) is 58.1 cm³/mol. The Morgan fingerprint density at radius 3 is 2.29 bits per heavy atom. The molecule has 0 aromatic carbocycles. The third-order valence-corrected chi connectivity index (χ3v) is 3.48. The summed E-state index contributed by atoms with van der Waals surface area (Å²) in [5.41, 5.74) is 0. The van der Waals surface area contributed by atoms with E-state index in [2.05, 4.69) is 34.6 Å². The van der Waals surface area contributed by atoms with Crippen LogP contribution in [0.4, 0.5) is 0 Å². The molecule has 84 valence electrons. The molecule has 0 spiro atoms. The van der Waals surface area contributed by atoms with Crippen LogP contribution in [-0.2, 0) is 9.47 Å². The summed E-state index contributed by atoms with van der Waals surface area (Å²) in [4.78, 5) is 0. The summed E-state index contributed by atoms with van der Waals surface area (Å²) in [7, 11) is 0. The summed E-state index contributed by atoms with van der Waals surface area (Å²) >= 11 is 0. The lowest BCUT2D eigenvalue weighted by atomic mass is 9.85. The molecular weight excluding hydrogens is 176 g/mol. The van der Waals surface area contributed by atoms with Crippen LogP contribution in [0.3, 0.4) is 0 Å². The van der Waals surface area contributed by atoms with Gasteiger partial charge in [0.1, 0.15) is 0 Å². The van der Waals surface area contributed by atoms with Crippen LogP contribution in [0.2, 0.25) is 0 Å². The number of hydrogen-bond donors (Lipinski definition) is 0. The van der Waals surface area contributed by atoms with E-state index in [1.165, 1.54) is 0 Å². The first-order valence-corrected chi connectivity index (χ1v) is 5.79. The number of hydrogen-bond acceptors (Lipinski definition) is 2. The SMILES string of the molecule is CC1CCOC(C(C)C(C)C(C)C)O1. The van der Waals surface area contributed by atoms with Crippen molar-refractivity contribution in [1.29, 1.82) is 0 Å². The average Bonchev–Trinajstić information content (AvgIpc) is 2.15. The Morgan fingerprint density at radius 2 is 1.79 bits per heavy atom. The van der Waals surface area contributed by atoms with Gasteiger partial charge in [0, 0.05) is 5.92 Å². The van der Waals surface area contributed by atoms with Crippen molar-refractivity contribution in [2.45, 2.75) is 53.4 Å². The molecule has 14 heavy (non-hydrogen) atoms. The molecule has 1 fully saturated rings. The molecule has 1 aliphatic heterocycles. The van der Waals surface area contributed by atoms with Gasteiger partial charge in [-0.1, -0.05) is 27.7 Å². The molecule has 0 radical (unpaired) electrons. The van der Waals surface area contributed by atoms with Gasteiger partial charge in [-0.15, -0.1) is 0 Å². The topological polar surface area (TPSA) is 18.5 Å². The molecule has 1 aliphatic rings. The van der Waals surface area contributed by atoms with Crippen molar-refractivity contribution in [1.82, 2.24) is 0 Å². The summed E-state index contributed by atoms with van der Waals surface area (Å²) in [6.07, 6.45) is 1.39. The van der Waals surface area contributed by atoms with E-state index in [1.807, 2.05) is 0 Å². The van der Waals surface area contributed by atoms with Crippen molar-refractivity contribution >= 4 is 0 Å². The summed E-state index contributed by atoms with van der Waals surface area (Å²) < 4.78 is 11.5. The zero-order chi connectivity index (χ0) is 10.7. The summed E-state index contributed by atoms with van der Waals surface area (Å²) in [6, 6.07) is 0. The van der Waals surface area contributed by atoms with Crippen molar-refractivity contribution in [2.75, 3.05) is 6.61 Å². The second-order valence-electron chi connectivity index (χ2n) is 4.94. The molecule has 0 aliphatic carbocycles. The molecule has 1 rings (SSSR count). The van der Waals surface area contributed by atoms with Gasteiger partial charge >= 0.3 is 0 Å². The molecule has 4 atom stereocenters. The van der Waals surface area contributed by atoms with Gasteiger partial charge in [0.05, 0.1) is 12.7 Å². The first kappa shape index (κ1) is 12.0. The highest BCUT2D eigenvalue weighted by molar-refractivity contribution is 4.71. The Hall–Kier alpha value is -0.0800. The number of ether oxygens (including phenoxy) is 2. The van der Waals surface area contributed by atoms with Crippen LogP contribution in [0.25, 0.3) is 0 Å². The van der Waals surface area contributed by atoms with Crippen molar-refractivity contribution in [2.24, 2.45) is 17.8 Å². The standard InChI is InChI=1S/C12H24O2/c1-8(2)10(4)11(5)12-13-7-6-9(3)14-12/h8-12H,6-7H2,1-5H3. The maximum Gasteiger partial charge on any atom is 0.160 e. The van der Waals surface area contributed by atoms with Gasteiger partial charge in [0.25, 0.3) is 0 Å². The maximum absolute atomic E-state index is 5.80. The van der Waals surface area contributed by atoms with Gasteiger partial charge in [-0.2, -0.15) is 0 Å². The molecule has 2 heteroatoms. The maximum atomic E-state index is 5.80. The molecule has 0 amide bonds. The van der Waals surface area contributed by atoms with E-state index < -0.39 is 0 Å². The molecule has 0 aromatic heterocycles. The zero-order valence-corrected chi connectivity index (χ0v) is 10.1. The van der Waals surface area contributed by atoms with Gasteiger partial charge in [-0.25, -0.2) is 0 Å². The molecule has 0 bridgehead atoms. The van der Waals surface area contributed by atoms with Crippen molar-refractivity contribution in [3.05, 3.63) is 0 Å². The Morgan fingerprint density at radius 1 is 1.14 bits per heavy atom. The van der Waals surface area contributed by atoms with E-state index >= 15 is 0 Å². The molecule has 2 nitrogen and oxygen atoms in total. The smallest absolute Gasteiger partial charge is 0.160 e. The lowest BCUT2D eigenvalue weighted by Crippen LogP contribution is -2.38. The fourth-order valence-corrected chi connectivity index (χ4v) is 1.82. The lowest BCUT2D eigenvalue weighted by molar-refractivity contribution is -0.236. The minimum atomic E-state index is 0.0103. The number of rotatable bonds is 3. The highest BCUT2D eigenvalue weighted by Crippen LogP contribution is 2.28. The fraction of sp³-hybridized carbons (Fsp3) is 1.00. The van der Waals surface area contributed by atoms with Crippen molar-refractivity contribution < 1.29 is 9.47 Å². The van der Waals surface area contributed by atoms with Crippen LogP contribution in [0.5, 0.6) is 0 Å². The fourth-order valence-electron chi connectivity index (χ4n) is 1.82. The molecule has 1 heterocycles. The second-order valence-corrected chi connectivity index (χ2v) is 4.94. The van der Waals surface area contributed by atoms with E-state index in [-0.39, 0.29) is 6.29 Å². The molecule has 1 saturated heterocycles. The monoisotopic (exact) mass is 200 g/mol. The summed E-state index contributed by atoms with van der Waals surface area (Å²) in [5, 5.41) is 0. The van der Waals surface area contributed by atoms with Gasteiger partial charge in [0.15, 0.2) is 6.29 Å². The first-order chi connectivity index (χ1) is 6.52. The normalized spacial score (nSPS) is 33.0. The van der Waals surface area contributed by atoms with Crippen LogP contribution >= 0.6 is 0 Å². The van der Waals surface area contributed by atoms with Crippen LogP contribution in [-0.4, -0.2) is 19.0 Å². The molecular formula is C12H24O2. The molecule has 0 saturated carbocycles. The van der Waals surface area contributed by atoms with Gasteiger partial charge < -0.3 is 9.47 Å². The van der Waals surface area contributed by atoms with Crippen molar-refractivity contribution in [3.63, 3.8) is 0 Å². The zero-order valence-electron chi connectivity index (χ0n) is 10.1. The van der Waals surface area contributed by atoms with Gasteiger partial charge in [0.2, 0.25) is 0 Å². The van der Waals surface area contributed by atoms with Crippen LogP contribution in [0, 0.1) is 17.8 Å². The molecule has 0 N–H and O–H groups in total. The highest BCUT2D eigenvalue weighted by Gasteiger charge is 2.29. The van der Waals surface area contributed by atoms with E-state index in [0.29, 0.717) is 23.9 Å². The molecule has 4 unspecified atom stereocenters. The highest BCUT2D eigenvalue weighted by atomic mass is 16.7. The van der Waals surface area contributed by atoms with Crippen LogP contribution in [0.1, 0.15) is 41.0 Å². The Balaban J connectivity index is 2.46. The average molecular weight is 200 g/mol. The van der Waals surface area contributed by atoms with E-state index in [4.69, 9.17) is 9.47 Å². The van der Waals surface area contributed by atoms with E-state index in [0.717, 1.165) is 13.0 Å². The largest absolute Gasteiger partial charge is 0.352 e. The quantitative estimate of drug-likeness (QED) is 0.697. The Bertz CT molecular complexity index is 168. The minimum absolute atomic E-state index is 0.0103. The summed E-state index contributed by atoms with van der Waals surface area (Å²) in [5.74, 6) is 1.82. The van der Waals surface area contributed by atoms with Gasteiger partial charge in [-0.05, 0) is 25.2 Å². The van der Waals surface area contributed by atoms with Crippen LogP contribution < -0.4 is 0 Å². The van der Waals surface area contributed by atoms with Gasteiger partial charge in [-0.3, -0.25) is 0 Å². The first-order valence-electron chi connectivity index (χ1n) is 5.79. The Kier molecular flexibility index (Phi) is 4.39. The van der Waals surface area contributed by atoms with E-state index in [1.54, 1.807) is 0 Å².